The summed E-state index contributed by atoms with van der Waals surface area (Å²) in [5.41, 5.74) is 3.50. The van der Waals surface area contributed by atoms with Crippen molar-refractivity contribution in [2.45, 2.75) is 46.1 Å². The monoisotopic (exact) mass is 287 g/mol. The van der Waals surface area contributed by atoms with E-state index in [4.69, 9.17) is 0 Å². The zero-order valence-corrected chi connectivity index (χ0v) is 13.4. The topological polar surface area (TPSA) is 46.9 Å². The molecule has 0 aliphatic heterocycles. The Morgan fingerprint density at radius 2 is 2.24 bits per heavy atom. The molecule has 114 valence electrons. The lowest BCUT2D eigenvalue weighted by Gasteiger charge is -2.60. The molecule has 3 saturated carbocycles. The molecule has 1 aromatic heterocycles. The number of nitrogens with zero attached hydrogens (tertiary/aromatic N) is 2. The van der Waals surface area contributed by atoms with Crippen molar-refractivity contribution in [3.8, 4) is 0 Å². The van der Waals surface area contributed by atoms with Crippen molar-refractivity contribution in [1.82, 2.24) is 15.1 Å². The summed E-state index contributed by atoms with van der Waals surface area (Å²) >= 11 is 0. The second-order valence-electron chi connectivity index (χ2n) is 7.31. The molecule has 3 aliphatic carbocycles. The Balaban J connectivity index is 1.62. The average molecular weight is 287 g/mol. The van der Waals surface area contributed by atoms with Crippen LogP contribution >= 0.6 is 0 Å². The van der Waals surface area contributed by atoms with E-state index in [0.717, 1.165) is 23.7 Å². The fraction of sp³-hybridized carbons (Fsp3) is 0.647. The molecule has 0 spiro atoms. The van der Waals surface area contributed by atoms with E-state index in [-0.39, 0.29) is 11.9 Å². The summed E-state index contributed by atoms with van der Waals surface area (Å²) in [6.45, 7) is 10.9. The highest BCUT2D eigenvalue weighted by Crippen LogP contribution is 2.60. The van der Waals surface area contributed by atoms with Crippen molar-refractivity contribution in [3.05, 3.63) is 29.6 Å². The zero-order chi connectivity index (χ0) is 15.4. The summed E-state index contributed by atoms with van der Waals surface area (Å²) in [5.74, 6) is 1.36. The normalized spacial score (nSPS) is 29.9. The van der Waals surface area contributed by atoms with Crippen molar-refractivity contribution in [2.24, 2.45) is 24.3 Å². The Morgan fingerprint density at radius 3 is 2.76 bits per heavy atom. The number of carbonyl (C=O) groups excluding carboxylic acids is 1. The molecule has 0 aromatic carbocycles. The quantitative estimate of drug-likeness (QED) is 0.868. The summed E-state index contributed by atoms with van der Waals surface area (Å²) in [6.07, 6.45) is 2.68. The van der Waals surface area contributed by atoms with Gasteiger partial charge < -0.3 is 5.32 Å². The molecule has 3 aliphatic rings. The molecule has 3 atom stereocenters. The third-order valence-electron chi connectivity index (χ3n) is 5.66. The lowest BCUT2D eigenvalue weighted by atomic mass is 9.46. The van der Waals surface area contributed by atoms with E-state index in [9.17, 15) is 4.79 Å². The molecule has 1 N–H and O–H groups in total. The van der Waals surface area contributed by atoms with Gasteiger partial charge in [0.2, 0.25) is 5.91 Å². The lowest BCUT2D eigenvalue weighted by molar-refractivity contribution is -0.122. The second-order valence-corrected chi connectivity index (χ2v) is 7.31. The molecule has 4 nitrogen and oxygen atoms in total. The van der Waals surface area contributed by atoms with Crippen LogP contribution in [-0.4, -0.2) is 21.7 Å². The van der Waals surface area contributed by atoms with Gasteiger partial charge in [-0.15, -0.1) is 0 Å². The van der Waals surface area contributed by atoms with Crippen LogP contribution in [0.2, 0.25) is 0 Å². The molecule has 0 radical (unpaired) electrons. The van der Waals surface area contributed by atoms with E-state index in [1.54, 1.807) is 4.68 Å². The first-order valence-corrected chi connectivity index (χ1v) is 7.76. The van der Waals surface area contributed by atoms with Gasteiger partial charge in [-0.25, -0.2) is 0 Å². The first-order valence-electron chi connectivity index (χ1n) is 7.76. The molecule has 4 heteroatoms. The SMILES string of the molecule is C=C1C(NC(=O)Cc2cc(C)nn2C)C[C@H]2C[C@@H]1C2(C)C. The van der Waals surface area contributed by atoms with Gasteiger partial charge in [0.15, 0.2) is 0 Å². The maximum absolute atomic E-state index is 12.3. The van der Waals surface area contributed by atoms with Crippen LogP contribution in [0, 0.1) is 24.2 Å². The fourth-order valence-corrected chi connectivity index (χ4v) is 4.12. The minimum atomic E-state index is 0.0725. The van der Waals surface area contributed by atoms with Gasteiger partial charge in [0, 0.05) is 12.7 Å². The second kappa shape index (κ2) is 4.72. The lowest BCUT2D eigenvalue weighted by Crippen LogP contribution is -2.57. The van der Waals surface area contributed by atoms with Gasteiger partial charge in [0.1, 0.15) is 0 Å². The molecule has 0 saturated heterocycles. The van der Waals surface area contributed by atoms with Crippen molar-refractivity contribution in [2.75, 3.05) is 0 Å². The molecule has 1 amide bonds. The van der Waals surface area contributed by atoms with Gasteiger partial charge in [0.05, 0.1) is 18.2 Å². The van der Waals surface area contributed by atoms with Crippen LogP contribution in [0.15, 0.2) is 18.2 Å². The van der Waals surface area contributed by atoms with E-state index in [0.29, 0.717) is 17.8 Å². The van der Waals surface area contributed by atoms with Crippen LogP contribution in [-0.2, 0) is 18.3 Å². The first kappa shape index (κ1) is 14.4. The molecule has 21 heavy (non-hydrogen) atoms. The van der Waals surface area contributed by atoms with Crippen LogP contribution in [0.5, 0.6) is 0 Å². The van der Waals surface area contributed by atoms with Gasteiger partial charge in [-0.2, -0.15) is 5.10 Å². The number of fused-ring (bicyclic) bond motifs is 2. The largest absolute Gasteiger partial charge is 0.349 e. The predicted molar refractivity (Wildman–Crippen MR) is 82.7 cm³/mol. The average Bonchev–Trinajstić information content (AvgIpc) is 2.69. The number of rotatable bonds is 3. The van der Waals surface area contributed by atoms with Crippen LogP contribution < -0.4 is 5.32 Å². The Kier molecular flexibility index (Phi) is 3.23. The summed E-state index contributed by atoms with van der Waals surface area (Å²) in [7, 11) is 1.88. The van der Waals surface area contributed by atoms with Crippen LogP contribution in [0.4, 0.5) is 0 Å². The van der Waals surface area contributed by atoms with Crippen molar-refractivity contribution < 1.29 is 4.79 Å². The predicted octanol–water partition coefficient (Wildman–Crippen LogP) is 2.38. The highest BCUT2D eigenvalue weighted by molar-refractivity contribution is 5.79. The first-order chi connectivity index (χ1) is 9.79. The highest BCUT2D eigenvalue weighted by Gasteiger charge is 2.54. The molecule has 3 fully saturated rings. The number of hydrogen-bond acceptors (Lipinski definition) is 2. The maximum atomic E-state index is 12.3. The Morgan fingerprint density at radius 1 is 1.52 bits per heavy atom. The molecule has 1 heterocycles. The Bertz CT molecular complexity index is 599. The number of amides is 1. The van der Waals surface area contributed by atoms with Crippen molar-refractivity contribution in [1.29, 1.82) is 0 Å². The fourth-order valence-electron chi connectivity index (χ4n) is 4.12. The number of nitrogens with one attached hydrogen (secondary N) is 1. The van der Waals surface area contributed by atoms with E-state index >= 15 is 0 Å². The van der Waals surface area contributed by atoms with E-state index < -0.39 is 0 Å². The molecule has 4 rings (SSSR count). The summed E-state index contributed by atoms with van der Waals surface area (Å²) in [5, 5.41) is 7.46. The van der Waals surface area contributed by atoms with Gasteiger partial charge >= 0.3 is 0 Å². The minimum Gasteiger partial charge on any atom is -0.349 e. The highest BCUT2D eigenvalue weighted by atomic mass is 16.1. The van der Waals surface area contributed by atoms with Gasteiger partial charge in [-0.3, -0.25) is 9.48 Å². The van der Waals surface area contributed by atoms with Crippen LogP contribution in [0.1, 0.15) is 38.1 Å². The summed E-state index contributed by atoms with van der Waals surface area (Å²) < 4.78 is 1.78. The number of aryl methyl sites for hydroxylation is 2. The molecule has 1 aromatic rings. The number of hydrogen-bond donors (Lipinski definition) is 1. The maximum Gasteiger partial charge on any atom is 0.226 e. The van der Waals surface area contributed by atoms with E-state index in [1.807, 2.05) is 20.0 Å². The smallest absolute Gasteiger partial charge is 0.226 e. The van der Waals surface area contributed by atoms with Gasteiger partial charge in [-0.1, -0.05) is 26.0 Å². The van der Waals surface area contributed by atoms with Crippen LogP contribution in [0.3, 0.4) is 0 Å². The van der Waals surface area contributed by atoms with E-state index in [1.165, 1.54) is 12.0 Å². The number of aromatic nitrogens is 2. The summed E-state index contributed by atoms with van der Waals surface area (Å²) in [6, 6.07) is 2.12. The van der Waals surface area contributed by atoms with Crippen molar-refractivity contribution in [3.63, 3.8) is 0 Å². The van der Waals surface area contributed by atoms with Crippen LogP contribution in [0.25, 0.3) is 0 Å². The van der Waals surface area contributed by atoms with Crippen molar-refractivity contribution >= 4 is 5.91 Å². The Labute approximate surface area is 126 Å². The standard InChI is InChI=1S/C17H25N3O/c1-10-6-13(20(5)19-10)9-16(21)18-15-8-12-7-14(11(15)2)17(12,3)4/h6,12,14-15H,2,7-9H2,1,3-5H3,(H,18,21)/t12-,14+,15?/m1/s1. The van der Waals surface area contributed by atoms with E-state index in [2.05, 4.69) is 30.8 Å². The Hall–Kier alpha value is -1.58. The molecule has 1 unspecified atom stereocenters. The zero-order valence-electron chi connectivity index (χ0n) is 13.4. The third kappa shape index (κ3) is 2.30. The molecular formula is C17H25N3O. The van der Waals surface area contributed by atoms with Gasteiger partial charge in [0.25, 0.3) is 0 Å². The summed E-state index contributed by atoms with van der Waals surface area (Å²) in [4.78, 5) is 12.3. The third-order valence-corrected chi connectivity index (χ3v) is 5.66. The van der Waals surface area contributed by atoms with Gasteiger partial charge in [-0.05, 0) is 43.1 Å². The molecule has 2 bridgehead atoms. The minimum absolute atomic E-state index is 0.0725. The molecular weight excluding hydrogens is 262 g/mol. The number of carbonyl (C=O) groups is 1.